The van der Waals surface area contributed by atoms with Crippen molar-refractivity contribution in [3.63, 3.8) is 0 Å². The van der Waals surface area contributed by atoms with Crippen molar-refractivity contribution in [1.29, 1.82) is 0 Å². The summed E-state index contributed by atoms with van der Waals surface area (Å²) in [6.07, 6.45) is 1.92. The molecule has 0 saturated heterocycles. The fourth-order valence-corrected chi connectivity index (χ4v) is 2.69. The molecule has 0 spiro atoms. The van der Waals surface area contributed by atoms with Crippen LogP contribution in [0, 0.1) is 11.8 Å². The van der Waals surface area contributed by atoms with Crippen molar-refractivity contribution in [3.05, 3.63) is 11.8 Å². The van der Waals surface area contributed by atoms with Crippen LogP contribution in [0.15, 0.2) is 11.8 Å². The molecule has 2 aliphatic rings. The van der Waals surface area contributed by atoms with Gasteiger partial charge in [-0.05, 0) is 17.9 Å². The maximum absolute atomic E-state index is 12.0. The summed E-state index contributed by atoms with van der Waals surface area (Å²) in [7, 11) is -5.58. The second-order valence-electron chi connectivity index (χ2n) is 4.19. The smallest absolute Gasteiger partial charge is 0.381 e. The summed E-state index contributed by atoms with van der Waals surface area (Å²) in [6.45, 7) is 0. The molecule has 0 aromatic heterocycles. The second-order valence-corrected chi connectivity index (χ2v) is 5.73. The van der Waals surface area contributed by atoms with Gasteiger partial charge >= 0.3 is 15.6 Å². The summed E-state index contributed by atoms with van der Waals surface area (Å²) in [4.78, 5) is 11.0. The van der Waals surface area contributed by atoms with E-state index in [4.69, 9.17) is 0 Å². The average molecular weight is 270 g/mol. The minimum absolute atomic E-state index is 0.0500. The van der Waals surface area contributed by atoms with Crippen LogP contribution in [0.1, 0.15) is 19.3 Å². The van der Waals surface area contributed by atoms with Gasteiger partial charge in [-0.3, -0.25) is 4.79 Å². The van der Waals surface area contributed by atoms with Crippen LogP contribution in [0.25, 0.3) is 0 Å². The molecule has 0 amide bonds. The molecule has 2 atom stereocenters. The maximum Gasteiger partial charge on any atom is 0.534 e. The summed E-state index contributed by atoms with van der Waals surface area (Å²) in [5, 5.41) is 0. The van der Waals surface area contributed by atoms with Gasteiger partial charge in [0.05, 0.1) is 0 Å². The van der Waals surface area contributed by atoms with Crippen molar-refractivity contribution in [2.24, 2.45) is 11.8 Å². The first kappa shape index (κ1) is 12.4. The highest BCUT2D eigenvalue weighted by Crippen LogP contribution is 2.42. The second kappa shape index (κ2) is 3.72. The van der Waals surface area contributed by atoms with Crippen molar-refractivity contribution in [3.8, 4) is 0 Å². The van der Waals surface area contributed by atoms with E-state index in [0.29, 0.717) is 0 Å². The molecule has 0 bridgehead atoms. The molecule has 8 heteroatoms. The van der Waals surface area contributed by atoms with E-state index in [2.05, 4.69) is 4.18 Å². The Kier molecular flexibility index (Phi) is 2.72. The molecule has 0 aromatic rings. The Hall–Kier alpha value is -1.05. The fraction of sp³-hybridized carbons (Fsp3) is 0.667. The third kappa shape index (κ3) is 2.31. The van der Waals surface area contributed by atoms with Gasteiger partial charge < -0.3 is 4.18 Å². The lowest BCUT2D eigenvalue weighted by Gasteiger charge is -2.10. The lowest BCUT2D eigenvalue weighted by atomic mass is 10.0. The van der Waals surface area contributed by atoms with Gasteiger partial charge in [-0.1, -0.05) is 0 Å². The van der Waals surface area contributed by atoms with E-state index >= 15 is 0 Å². The van der Waals surface area contributed by atoms with Crippen LogP contribution in [-0.2, 0) is 19.1 Å². The van der Waals surface area contributed by atoms with Crippen molar-refractivity contribution >= 4 is 15.9 Å². The van der Waals surface area contributed by atoms with Crippen LogP contribution in [-0.4, -0.2) is 19.7 Å². The van der Waals surface area contributed by atoms with Crippen molar-refractivity contribution in [2.45, 2.75) is 24.8 Å². The Morgan fingerprint density at radius 3 is 2.41 bits per heavy atom. The molecule has 17 heavy (non-hydrogen) atoms. The maximum atomic E-state index is 12.0. The zero-order valence-electron chi connectivity index (χ0n) is 8.53. The molecule has 1 fully saturated rings. The topological polar surface area (TPSA) is 60.4 Å². The molecule has 0 N–H and O–H groups in total. The van der Waals surface area contributed by atoms with Crippen molar-refractivity contribution in [1.82, 2.24) is 0 Å². The van der Waals surface area contributed by atoms with Gasteiger partial charge in [0.1, 0.15) is 11.5 Å². The number of halogens is 3. The number of alkyl halides is 3. The normalized spacial score (nSPS) is 29.1. The van der Waals surface area contributed by atoms with Gasteiger partial charge in [0.25, 0.3) is 0 Å². The van der Waals surface area contributed by atoms with Gasteiger partial charge in [0.15, 0.2) is 0 Å². The largest absolute Gasteiger partial charge is 0.534 e. The molecular formula is C9H9F3O4S. The molecule has 96 valence electrons. The minimum Gasteiger partial charge on any atom is -0.381 e. The zero-order chi connectivity index (χ0) is 12.8. The SMILES string of the molecule is O=C1CC2C=C(OS(=O)(=O)C(F)(F)F)CC2C1. The summed E-state index contributed by atoms with van der Waals surface area (Å²) in [5.41, 5.74) is -5.42. The van der Waals surface area contributed by atoms with E-state index in [1.165, 1.54) is 6.08 Å². The van der Waals surface area contributed by atoms with Gasteiger partial charge in [-0.2, -0.15) is 21.6 Å². The summed E-state index contributed by atoms with van der Waals surface area (Å²) in [5.74, 6) is -0.444. The number of fused-ring (bicyclic) bond motifs is 1. The monoisotopic (exact) mass is 270 g/mol. The van der Waals surface area contributed by atoms with Crippen LogP contribution < -0.4 is 0 Å². The lowest BCUT2D eigenvalue weighted by Crippen LogP contribution is -2.25. The van der Waals surface area contributed by atoms with Crippen LogP contribution in [0.4, 0.5) is 13.2 Å². The number of allylic oxidation sites excluding steroid dienone is 2. The first-order chi connectivity index (χ1) is 7.69. The van der Waals surface area contributed by atoms with Crippen LogP contribution >= 0.6 is 0 Å². The summed E-state index contributed by atoms with van der Waals surface area (Å²) >= 11 is 0. The molecule has 0 aromatic carbocycles. The Bertz CT molecular complexity index is 477. The lowest BCUT2D eigenvalue weighted by molar-refractivity contribution is -0.117. The first-order valence-corrected chi connectivity index (χ1v) is 6.33. The van der Waals surface area contributed by atoms with Gasteiger partial charge in [-0.15, -0.1) is 0 Å². The Labute approximate surface area is 95.6 Å². The molecule has 2 rings (SSSR count). The highest BCUT2D eigenvalue weighted by Gasteiger charge is 2.50. The van der Waals surface area contributed by atoms with E-state index in [1.807, 2.05) is 0 Å². The number of rotatable bonds is 2. The number of Topliss-reactive ketones (excluding diaryl/α,β-unsaturated/α-hetero) is 1. The molecule has 4 nitrogen and oxygen atoms in total. The standard InChI is InChI=1S/C9H9F3O4S/c10-9(11,12)17(14,15)16-8-3-5-1-7(13)2-6(5)4-8/h3,5-6H,1-2,4H2. The Balaban J connectivity index is 2.09. The molecule has 1 saturated carbocycles. The molecule has 0 heterocycles. The Morgan fingerprint density at radius 2 is 1.88 bits per heavy atom. The predicted molar refractivity (Wildman–Crippen MR) is 50.0 cm³/mol. The highest BCUT2D eigenvalue weighted by molar-refractivity contribution is 7.87. The number of hydrogen-bond donors (Lipinski definition) is 0. The minimum atomic E-state index is -5.58. The number of hydrogen-bond acceptors (Lipinski definition) is 4. The zero-order valence-corrected chi connectivity index (χ0v) is 9.35. The Morgan fingerprint density at radius 1 is 1.24 bits per heavy atom. The molecule has 0 radical (unpaired) electrons. The van der Waals surface area contributed by atoms with Gasteiger partial charge in [0.2, 0.25) is 0 Å². The van der Waals surface area contributed by atoms with Crippen LogP contribution in [0.2, 0.25) is 0 Å². The van der Waals surface area contributed by atoms with Crippen LogP contribution in [0.5, 0.6) is 0 Å². The van der Waals surface area contributed by atoms with Crippen molar-refractivity contribution in [2.75, 3.05) is 0 Å². The first-order valence-electron chi connectivity index (χ1n) is 4.92. The quantitative estimate of drug-likeness (QED) is 0.566. The fourth-order valence-electron chi connectivity index (χ4n) is 2.19. The predicted octanol–water partition coefficient (Wildman–Crippen LogP) is 1.74. The number of carbonyl (C=O) groups is 1. The third-order valence-electron chi connectivity index (χ3n) is 2.92. The van der Waals surface area contributed by atoms with Gasteiger partial charge in [0, 0.05) is 19.3 Å². The number of ketones is 1. The van der Waals surface area contributed by atoms with Gasteiger partial charge in [-0.25, -0.2) is 0 Å². The van der Waals surface area contributed by atoms with Crippen LogP contribution in [0.3, 0.4) is 0 Å². The van der Waals surface area contributed by atoms with E-state index in [9.17, 15) is 26.4 Å². The van der Waals surface area contributed by atoms with E-state index in [1.54, 1.807) is 0 Å². The summed E-state index contributed by atoms with van der Waals surface area (Å²) < 4.78 is 61.6. The van der Waals surface area contributed by atoms with E-state index < -0.39 is 15.6 Å². The molecular weight excluding hydrogens is 261 g/mol. The molecule has 2 unspecified atom stereocenters. The van der Waals surface area contributed by atoms with E-state index in [-0.39, 0.29) is 42.6 Å². The molecule has 2 aliphatic carbocycles. The average Bonchev–Trinajstić information content (AvgIpc) is 2.57. The highest BCUT2D eigenvalue weighted by atomic mass is 32.2. The number of carbonyl (C=O) groups excluding carboxylic acids is 1. The summed E-state index contributed by atoms with van der Waals surface area (Å²) in [6, 6.07) is 0. The van der Waals surface area contributed by atoms with Crippen molar-refractivity contribution < 1.29 is 30.6 Å². The third-order valence-corrected chi connectivity index (χ3v) is 3.92. The molecule has 0 aliphatic heterocycles. The van der Waals surface area contributed by atoms with E-state index in [0.717, 1.165) is 0 Å².